The van der Waals surface area contributed by atoms with Crippen molar-refractivity contribution in [2.75, 3.05) is 31.6 Å². The molecule has 0 fully saturated rings. The molecule has 0 unspecified atom stereocenters. The highest BCUT2D eigenvalue weighted by Gasteiger charge is 2.11. The zero-order valence-electron chi connectivity index (χ0n) is 14.1. The lowest BCUT2D eigenvalue weighted by Gasteiger charge is -2.13. The molecular weight excluding hydrogens is 336 g/mol. The molecule has 5 nitrogen and oxygen atoms in total. The molecule has 1 heterocycles. The molecule has 0 spiro atoms. The zero-order valence-corrected chi connectivity index (χ0v) is 14.9. The van der Waals surface area contributed by atoms with E-state index >= 15 is 0 Å². The Labute approximate surface area is 149 Å². The normalized spacial score (nSPS) is 12.6. The van der Waals surface area contributed by atoms with E-state index in [1.165, 1.54) is 0 Å². The van der Waals surface area contributed by atoms with Crippen LogP contribution in [0.2, 0.25) is 0 Å². The third-order valence-corrected chi connectivity index (χ3v) is 5.44. The summed E-state index contributed by atoms with van der Waals surface area (Å²) in [4.78, 5) is 13.0. The van der Waals surface area contributed by atoms with E-state index in [2.05, 4.69) is 10.6 Å². The highest BCUT2D eigenvalue weighted by molar-refractivity contribution is 7.24. The predicted octanol–water partition coefficient (Wildman–Crippen LogP) is 2.08. The average molecular weight is 358 g/mol. The molecule has 0 aliphatic carbocycles. The van der Waals surface area contributed by atoms with Crippen LogP contribution in [0, 0.1) is 6.92 Å². The van der Waals surface area contributed by atoms with Gasteiger partial charge in [-0.25, -0.2) is 0 Å². The summed E-state index contributed by atoms with van der Waals surface area (Å²) in [7, 11) is 0. The summed E-state index contributed by atoms with van der Waals surface area (Å²) >= 11 is 1.64. The van der Waals surface area contributed by atoms with E-state index in [0.717, 1.165) is 31.4 Å². The number of benzene rings is 2. The topological polar surface area (TPSA) is 81.6 Å². The lowest BCUT2D eigenvalue weighted by Crippen LogP contribution is -2.32. The SMILES string of the molecule is Cc1ccc(NCCNC[C@H](O)CO)c2c(=O)c3ccccc3sc12. The van der Waals surface area contributed by atoms with E-state index in [0.29, 0.717) is 19.6 Å². The Balaban J connectivity index is 1.87. The van der Waals surface area contributed by atoms with E-state index in [4.69, 9.17) is 5.11 Å². The molecule has 2 aromatic carbocycles. The van der Waals surface area contributed by atoms with Gasteiger partial charge in [-0.3, -0.25) is 4.79 Å². The first kappa shape index (κ1) is 17.8. The van der Waals surface area contributed by atoms with Crippen molar-refractivity contribution in [2.45, 2.75) is 13.0 Å². The number of aliphatic hydroxyl groups is 2. The molecule has 6 heteroatoms. The average Bonchev–Trinajstić information content (AvgIpc) is 2.63. The number of nitrogens with one attached hydrogen (secondary N) is 2. The largest absolute Gasteiger partial charge is 0.394 e. The summed E-state index contributed by atoms with van der Waals surface area (Å²) in [5, 5.41) is 26.0. The highest BCUT2D eigenvalue weighted by Crippen LogP contribution is 2.31. The minimum Gasteiger partial charge on any atom is -0.394 e. The van der Waals surface area contributed by atoms with E-state index in [9.17, 15) is 9.90 Å². The first-order chi connectivity index (χ1) is 12.1. The first-order valence-electron chi connectivity index (χ1n) is 8.30. The monoisotopic (exact) mass is 358 g/mol. The van der Waals surface area contributed by atoms with Gasteiger partial charge in [0.2, 0.25) is 0 Å². The van der Waals surface area contributed by atoms with Crippen molar-refractivity contribution in [1.29, 1.82) is 0 Å². The smallest absolute Gasteiger partial charge is 0.197 e. The molecule has 3 aromatic rings. The van der Waals surface area contributed by atoms with Crippen LogP contribution in [0.4, 0.5) is 5.69 Å². The molecule has 25 heavy (non-hydrogen) atoms. The molecule has 0 radical (unpaired) electrons. The van der Waals surface area contributed by atoms with Crippen LogP contribution in [-0.2, 0) is 0 Å². The highest BCUT2D eigenvalue weighted by atomic mass is 32.1. The number of anilines is 1. The quantitative estimate of drug-likeness (QED) is 0.384. The van der Waals surface area contributed by atoms with Crippen molar-refractivity contribution in [3.05, 3.63) is 52.2 Å². The van der Waals surface area contributed by atoms with Gasteiger partial charge in [-0.05, 0) is 30.7 Å². The fourth-order valence-electron chi connectivity index (χ4n) is 2.80. The van der Waals surface area contributed by atoms with Gasteiger partial charge >= 0.3 is 0 Å². The van der Waals surface area contributed by atoms with Crippen LogP contribution in [0.1, 0.15) is 5.56 Å². The van der Waals surface area contributed by atoms with Gasteiger partial charge in [-0.15, -0.1) is 11.3 Å². The third-order valence-electron chi connectivity index (χ3n) is 4.13. The molecule has 1 aromatic heterocycles. The van der Waals surface area contributed by atoms with Gasteiger partial charge in [-0.2, -0.15) is 0 Å². The summed E-state index contributed by atoms with van der Waals surface area (Å²) < 4.78 is 2.01. The van der Waals surface area contributed by atoms with Crippen molar-refractivity contribution >= 4 is 37.2 Å². The Kier molecular flexibility index (Phi) is 5.65. The molecule has 0 amide bonds. The molecule has 4 N–H and O–H groups in total. The van der Waals surface area contributed by atoms with Crippen molar-refractivity contribution in [1.82, 2.24) is 5.32 Å². The minimum atomic E-state index is -0.749. The summed E-state index contributed by atoms with van der Waals surface area (Å²) in [5.74, 6) is 0. The molecule has 3 rings (SSSR count). The second-order valence-corrected chi connectivity index (χ2v) is 7.08. The summed E-state index contributed by atoms with van der Waals surface area (Å²) in [6, 6.07) is 11.7. The third kappa shape index (κ3) is 3.82. The standard InChI is InChI=1S/C19H22N2O3S/c1-12-6-7-15(21-9-8-20-10-13(23)11-22)17-18(24)14-4-2-3-5-16(14)25-19(12)17/h2-7,13,20-23H,8-11H2,1H3/t13-/m0/s1. The maximum atomic E-state index is 13.0. The lowest BCUT2D eigenvalue weighted by molar-refractivity contribution is 0.0949. The fraction of sp³-hybridized carbons (Fsp3) is 0.316. The van der Waals surface area contributed by atoms with Crippen LogP contribution in [0.15, 0.2) is 41.2 Å². The zero-order chi connectivity index (χ0) is 17.8. The minimum absolute atomic E-state index is 0.0548. The van der Waals surface area contributed by atoms with Gasteiger partial charge in [0.1, 0.15) is 0 Å². The van der Waals surface area contributed by atoms with Crippen molar-refractivity contribution < 1.29 is 10.2 Å². The Hall–Kier alpha value is -1.99. The van der Waals surface area contributed by atoms with E-state index in [-0.39, 0.29) is 12.0 Å². The van der Waals surface area contributed by atoms with Gasteiger partial charge in [0, 0.05) is 40.1 Å². The predicted molar refractivity (Wildman–Crippen MR) is 105 cm³/mol. The van der Waals surface area contributed by atoms with Crippen LogP contribution in [0.3, 0.4) is 0 Å². The molecular formula is C19H22N2O3S. The van der Waals surface area contributed by atoms with E-state index in [1.54, 1.807) is 11.3 Å². The summed E-state index contributed by atoms with van der Waals surface area (Å²) in [5.41, 5.74) is 1.98. The number of hydrogen-bond acceptors (Lipinski definition) is 6. The second kappa shape index (κ2) is 7.93. The van der Waals surface area contributed by atoms with Crippen molar-refractivity contribution in [3.63, 3.8) is 0 Å². The van der Waals surface area contributed by atoms with Crippen LogP contribution >= 0.6 is 11.3 Å². The Morgan fingerprint density at radius 1 is 1.16 bits per heavy atom. The van der Waals surface area contributed by atoms with Crippen molar-refractivity contribution in [3.8, 4) is 0 Å². The lowest BCUT2D eigenvalue weighted by atomic mass is 10.1. The molecule has 0 aliphatic rings. The number of aryl methyl sites for hydroxylation is 1. The van der Waals surface area contributed by atoms with Crippen LogP contribution in [0.25, 0.3) is 20.2 Å². The Morgan fingerprint density at radius 2 is 1.96 bits per heavy atom. The Morgan fingerprint density at radius 3 is 2.76 bits per heavy atom. The molecule has 1 atom stereocenters. The number of fused-ring (bicyclic) bond motifs is 2. The first-order valence-corrected chi connectivity index (χ1v) is 9.12. The number of rotatable bonds is 7. The van der Waals surface area contributed by atoms with Gasteiger partial charge in [0.25, 0.3) is 0 Å². The summed E-state index contributed by atoms with van der Waals surface area (Å²) in [6.07, 6.45) is -0.749. The second-order valence-electron chi connectivity index (χ2n) is 6.03. The molecule has 0 bridgehead atoms. The Bertz CT molecular complexity index is 939. The maximum absolute atomic E-state index is 13.0. The summed E-state index contributed by atoms with van der Waals surface area (Å²) in [6.45, 7) is 3.35. The molecule has 0 saturated heterocycles. The number of aliphatic hydroxyl groups excluding tert-OH is 2. The number of hydrogen-bond donors (Lipinski definition) is 4. The molecule has 0 aliphatic heterocycles. The maximum Gasteiger partial charge on any atom is 0.197 e. The van der Waals surface area contributed by atoms with Crippen LogP contribution < -0.4 is 16.1 Å². The van der Waals surface area contributed by atoms with Crippen molar-refractivity contribution in [2.24, 2.45) is 0 Å². The van der Waals surface area contributed by atoms with Crippen LogP contribution in [-0.4, -0.2) is 42.6 Å². The van der Waals surface area contributed by atoms with Gasteiger partial charge < -0.3 is 20.8 Å². The van der Waals surface area contributed by atoms with Gasteiger partial charge in [0.15, 0.2) is 5.43 Å². The van der Waals surface area contributed by atoms with Gasteiger partial charge in [0.05, 0.1) is 18.1 Å². The molecule has 132 valence electrons. The fourth-order valence-corrected chi connectivity index (χ4v) is 3.97. The molecule has 0 saturated carbocycles. The van der Waals surface area contributed by atoms with Crippen LogP contribution in [0.5, 0.6) is 0 Å². The van der Waals surface area contributed by atoms with E-state index in [1.807, 2.05) is 43.3 Å². The van der Waals surface area contributed by atoms with E-state index < -0.39 is 6.10 Å². The van der Waals surface area contributed by atoms with Gasteiger partial charge in [-0.1, -0.05) is 18.2 Å².